The highest BCUT2D eigenvalue weighted by Crippen LogP contribution is 2.32. The molecule has 0 radical (unpaired) electrons. The molecule has 3 rings (SSSR count). The van der Waals surface area contributed by atoms with E-state index in [-0.39, 0.29) is 5.54 Å². The summed E-state index contributed by atoms with van der Waals surface area (Å²) in [6.45, 7) is 6.36. The molecular formula is C13H25N3. The predicted molar refractivity (Wildman–Crippen MR) is 66.4 cm³/mol. The minimum absolute atomic E-state index is 0.216. The SMILES string of the molecule is NC1(CCN2CCN(C3CC3)CC2)CCC1. The van der Waals surface area contributed by atoms with Crippen molar-refractivity contribution in [3.8, 4) is 0 Å². The molecule has 0 aromatic carbocycles. The molecule has 3 heteroatoms. The number of piperazine rings is 1. The van der Waals surface area contributed by atoms with E-state index in [4.69, 9.17) is 5.73 Å². The molecule has 2 N–H and O–H groups in total. The van der Waals surface area contributed by atoms with Gasteiger partial charge in [0.2, 0.25) is 0 Å². The van der Waals surface area contributed by atoms with Crippen molar-refractivity contribution in [2.75, 3.05) is 32.7 Å². The number of hydrogen-bond donors (Lipinski definition) is 1. The van der Waals surface area contributed by atoms with Crippen LogP contribution in [0.2, 0.25) is 0 Å². The molecule has 0 atom stereocenters. The largest absolute Gasteiger partial charge is 0.325 e. The van der Waals surface area contributed by atoms with E-state index >= 15 is 0 Å². The monoisotopic (exact) mass is 223 g/mol. The van der Waals surface area contributed by atoms with Gasteiger partial charge in [-0.2, -0.15) is 0 Å². The van der Waals surface area contributed by atoms with Crippen molar-refractivity contribution < 1.29 is 0 Å². The molecule has 0 aromatic heterocycles. The van der Waals surface area contributed by atoms with Gasteiger partial charge in [-0.25, -0.2) is 0 Å². The van der Waals surface area contributed by atoms with Crippen molar-refractivity contribution in [1.82, 2.24) is 9.80 Å². The Hall–Kier alpha value is -0.120. The summed E-state index contributed by atoms with van der Waals surface area (Å²) in [4.78, 5) is 5.30. The summed E-state index contributed by atoms with van der Waals surface area (Å²) in [5, 5.41) is 0. The van der Waals surface area contributed by atoms with Crippen LogP contribution in [0.3, 0.4) is 0 Å². The first kappa shape index (κ1) is 11.0. The van der Waals surface area contributed by atoms with Gasteiger partial charge in [-0.3, -0.25) is 4.90 Å². The van der Waals surface area contributed by atoms with Crippen LogP contribution in [-0.2, 0) is 0 Å². The van der Waals surface area contributed by atoms with E-state index < -0.39 is 0 Å². The maximum absolute atomic E-state index is 6.27. The second kappa shape index (κ2) is 4.28. The van der Waals surface area contributed by atoms with Gasteiger partial charge in [-0.05, 0) is 45.1 Å². The molecule has 0 spiro atoms. The molecule has 2 saturated carbocycles. The Morgan fingerprint density at radius 2 is 1.75 bits per heavy atom. The van der Waals surface area contributed by atoms with Gasteiger partial charge in [0.25, 0.3) is 0 Å². The van der Waals surface area contributed by atoms with Gasteiger partial charge >= 0.3 is 0 Å². The van der Waals surface area contributed by atoms with Gasteiger partial charge in [-0.1, -0.05) is 0 Å². The third-order valence-corrected chi connectivity index (χ3v) is 4.75. The van der Waals surface area contributed by atoms with Crippen LogP contribution in [0.5, 0.6) is 0 Å². The molecule has 92 valence electrons. The standard InChI is InChI=1S/C13H25N3/c14-13(4-1-5-13)6-7-15-8-10-16(11-9-15)12-2-3-12/h12H,1-11,14H2. The van der Waals surface area contributed by atoms with Gasteiger partial charge < -0.3 is 10.6 Å². The maximum atomic E-state index is 6.27. The zero-order chi connectivity index (χ0) is 11.0. The number of hydrogen-bond acceptors (Lipinski definition) is 3. The molecule has 2 aliphatic carbocycles. The molecule has 1 heterocycles. The lowest BCUT2D eigenvalue weighted by Crippen LogP contribution is -2.52. The smallest absolute Gasteiger partial charge is 0.0166 e. The molecule has 16 heavy (non-hydrogen) atoms. The van der Waals surface area contributed by atoms with Crippen LogP contribution in [0.25, 0.3) is 0 Å². The Morgan fingerprint density at radius 1 is 1.06 bits per heavy atom. The fourth-order valence-corrected chi connectivity index (χ4v) is 3.05. The van der Waals surface area contributed by atoms with Crippen LogP contribution >= 0.6 is 0 Å². The van der Waals surface area contributed by atoms with Gasteiger partial charge in [0.1, 0.15) is 0 Å². The van der Waals surface area contributed by atoms with Gasteiger partial charge in [-0.15, -0.1) is 0 Å². The third-order valence-electron chi connectivity index (χ3n) is 4.75. The van der Waals surface area contributed by atoms with Gasteiger partial charge in [0.05, 0.1) is 0 Å². The van der Waals surface area contributed by atoms with Crippen LogP contribution in [0.1, 0.15) is 38.5 Å². The molecule has 1 saturated heterocycles. The topological polar surface area (TPSA) is 32.5 Å². The summed E-state index contributed by atoms with van der Waals surface area (Å²) >= 11 is 0. The van der Waals surface area contributed by atoms with Crippen molar-refractivity contribution in [1.29, 1.82) is 0 Å². The van der Waals surface area contributed by atoms with Crippen molar-refractivity contribution in [3.63, 3.8) is 0 Å². The van der Waals surface area contributed by atoms with Crippen LogP contribution in [0, 0.1) is 0 Å². The molecule has 0 unspecified atom stereocenters. The maximum Gasteiger partial charge on any atom is 0.0166 e. The Balaban J connectivity index is 1.37. The summed E-state index contributed by atoms with van der Waals surface area (Å²) in [6, 6.07) is 0.953. The summed E-state index contributed by atoms with van der Waals surface area (Å²) in [5.74, 6) is 0. The van der Waals surface area contributed by atoms with Crippen molar-refractivity contribution in [2.45, 2.75) is 50.1 Å². The highest BCUT2D eigenvalue weighted by atomic mass is 15.3. The molecule has 0 aromatic rings. The second-order valence-corrected chi connectivity index (χ2v) is 6.07. The Kier molecular flexibility index (Phi) is 2.94. The lowest BCUT2D eigenvalue weighted by Gasteiger charge is -2.41. The molecule has 0 amide bonds. The molecule has 0 bridgehead atoms. The Labute approximate surface area is 99.0 Å². The molecular weight excluding hydrogens is 198 g/mol. The fourth-order valence-electron chi connectivity index (χ4n) is 3.05. The summed E-state index contributed by atoms with van der Waals surface area (Å²) in [7, 11) is 0. The summed E-state index contributed by atoms with van der Waals surface area (Å²) in [5.41, 5.74) is 6.48. The quantitative estimate of drug-likeness (QED) is 0.773. The summed E-state index contributed by atoms with van der Waals surface area (Å²) < 4.78 is 0. The highest BCUT2D eigenvalue weighted by Gasteiger charge is 2.34. The van der Waals surface area contributed by atoms with Crippen molar-refractivity contribution >= 4 is 0 Å². The van der Waals surface area contributed by atoms with E-state index in [1.54, 1.807) is 0 Å². The van der Waals surface area contributed by atoms with Gasteiger partial charge in [0, 0.05) is 37.8 Å². The number of rotatable bonds is 4. The van der Waals surface area contributed by atoms with E-state index in [1.165, 1.54) is 71.2 Å². The first-order chi connectivity index (χ1) is 7.75. The zero-order valence-corrected chi connectivity index (χ0v) is 10.3. The highest BCUT2D eigenvalue weighted by molar-refractivity contribution is 4.94. The van der Waals surface area contributed by atoms with E-state index in [2.05, 4.69) is 9.80 Å². The second-order valence-electron chi connectivity index (χ2n) is 6.07. The van der Waals surface area contributed by atoms with E-state index in [9.17, 15) is 0 Å². The first-order valence-electron chi connectivity index (χ1n) is 7.01. The number of nitrogens with two attached hydrogens (primary N) is 1. The first-order valence-corrected chi connectivity index (χ1v) is 7.01. The molecule has 3 nitrogen and oxygen atoms in total. The third kappa shape index (κ3) is 2.41. The van der Waals surface area contributed by atoms with E-state index in [0.717, 1.165) is 6.04 Å². The Morgan fingerprint density at radius 3 is 2.25 bits per heavy atom. The fraction of sp³-hybridized carbons (Fsp3) is 1.00. The van der Waals surface area contributed by atoms with E-state index in [1.807, 2.05) is 0 Å². The van der Waals surface area contributed by atoms with Crippen LogP contribution in [0.4, 0.5) is 0 Å². The lowest BCUT2D eigenvalue weighted by molar-refractivity contribution is 0.108. The van der Waals surface area contributed by atoms with Gasteiger partial charge in [0.15, 0.2) is 0 Å². The predicted octanol–water partition coefficient (Wildman–Crippen LogP) is 1.04. The van der Waals surface area contributed by atoms with Crippen molar-refractivity contribution in [2.24, 2.45) is 5.73 Å². The molecule has 1 aliphatic heterocycles. The Bertz CT molecular complexity index is 238. The van der Waals surface area contributed by atoms with Crippen LogP contribution < -0.4 is 5.73 Å². The van der Waals surface area contributed by atoms with Crippen LogP contribution in [0.15, 0.2) is 0 Å². The summed E-state index contributed by atoms with van der Waals surface area (Å²) in [6.07, 6.45) is 7.99. The zero-order valence-electron chi connectivity index (χ0n) is 10.3. The molecule has 3 aliphatic rings. The average molecular weight is 223 g/mol. The normalized spacial score (nSPS) is 31.3. The minimum Gasteiger partial charge on any atom is -0.325 e. The molecule has 3 fully saturated rings. The average Bonchev–Trinajstić information content (AvgIpc) is 3.08. The lowest BCUT2D eigenvalue weighted by atomic mass is 9.75. The minimum atomic E-state index is 0.216. The van der Waals surface area contributed by atoms with E-state index in [0.29, 0.717) is 0 Å². The van der Waals surface area contributed by atoms with Crippen LogP contribution in [-0.4, -0.2) is 54.1 Å². The number of nitrogens with zero attached hydrogens (tertiary/aromatic N) is 2. The van der Waals surface area contributed by atoms with Crippen molar-refractivity contribution in [3.05, 3.63) is 0 Å².